The zero-order valence-corrected chi connectivity index (χ0v) is 13.0. The number of hydrogen-bond donors (Lipinski definition) is 1. The smallest absolute Gasteiger partial charge is 0.126 e. The van der Waals surface area contributed by atoms with Crippen molar-refractivity contribution >= 4 is 11.4 Å². The summed E-state index contributed by atoms with van der Waals surface area (Å²) in [5, 5.41) is 9.99. The maximum Gasteiger partial charge on any atom is 0.126 e. The summed E-state index contributed by atoms with van der Waals surface area (Å²) in [6, 6.07) is 11.3. The maximum atomic E-state index is 13.8. The number of hydrogen-bond acceptors (Lipinski definition) is 2. The van der Waals surface area contributed by atoms with E-state index >= 15 is 0 Å². The molecule has 0 amide bonds. The van der Waals surface area contributed by atoms with Gasteiger partial charge in [0.15, 0.2) is 0 Å². The zero-order chi connectivity index (χ0) is 15.6. The van der Waals surface area contributed by atoms with Crippen LogP contribution >= 0.6 is 0 Å². The van der Waals surface area contributed by atoms with Gasteiger partial charge in [0.05, 0.1) is 6.10 Å². The predicted molar refractivity (Wildman–Crippen MR) is 85.6 cm³/mol. The van der Waals surface area contributed by atoms with Gasteiger partial charge in [-0.1, -0.05) is 18.2 Å². The van der Waals surface area contributed by atoms with Crippen LogP contribution in [0.2, 0.25) is 0 Å². The molecule has 2 nitrogen and oxygen atoms in total. The molecular weight excluding hydrogens is 265 g/mol. The van der Waals surface area contributed by atoms with Gasteiger partial charge in [0.1, 0.15) is 5.82 Å². The van der Waals surface area contributed by atoms with E-state index in [9.17, 15) is 9.50 Å². The number of rotatable bonds is 4. The Morgan fingerprint density at radius 2 is 1.76 bits per heavy atom. The van der Waals surface area contributed by atoms with Crippen molar-refractivity contribution in [3.63, 3.8) is 0 Å². The number of halogens is 1. The van der Waals surface area contributed by atoms with Crippen LogP contribution < -0.4 is 4.90 Å². The second-order valence-electron chi connectivity index (χ2n) is 5.37. The highest BCUT2D eigenvalue weighted by Gasteiger charge is 2.18. The van der Waals surface area contributed by atoms with Gasteiger partial charge in [-0.3, -0.25) is 0 Å². The molecule has 0 aromatic heterocycles. The summed E-state index contributed by atoms with van der Waals surface area (Å²) in [5.74, 6) is -0.282. The van der Waals surface area contributed by atoms with E-state index < -0.39 is 6.10 Å². The molecule has 0 aliphatic rings. The van der Waals surface area contributed by atoms with Crippen molar-refractivity contribution in [3.8, 4) is 0 Å². The number of nitrogens with zero attached hydrogens (tertiary/aromatic N) is 1. The molecule has 3 heteroatoms. The van der Waals surface area contributed by atoms with Gasteiger partial charge in [0.2, 0.25) is 0 Å². The van der Waals surface area contributed by atoms with Gasteiger partial charge in [0, 0.05) is 23.5 Å². The maximum absolute atomic E-state index is 13.8. The highest BCUT2D eigenvalue weighted by Crippen LogP contribution is 2.35. The molecule has 0 aliphatic heterocycles. The van der Waals surface area contributed by atoms with Crippen LogP contribution in [0, 0.1) is 19.7 Å². The molecule has 1 unspecified atom stereocenters. The van der Waals surface area contributed by atoms with E-state index in [1.54, 1.807) is 13.8 Å². The molecule has 0 fully saturated rings. The fraction of sp³-hybridized carbons (Fsp3) is 0.333. The molecule has 0 aliphatic carbocycles. The first kappa shape index (κ1) is 15.5. The van der Waals surface area contributed by atoms with Crippen LogP contribution in [-0.2, 0) is 0 Å². The molecule has 1 atom stereocenters. The summed E-state index contributed by atoms with van der Waals surface area (Å²) in [6.07, 6.45) is -0.715. The van der Waals surface area contributed by atoms with E-state index in [1.165, 1.54) is 6.07 Å². The Morgan fingerprint density at radius 1 is 1.10 bits per heavy atom. The lowest BCUT2D eigenvalue weighted by atomic mass is 10.0. The number of aryl methyl sites for hydroxylation is 2. The number of para-hydroxylation sites is 1. The van der Waals surface area contributed by atoms with Crippen LogP contribution in [0.4, 0.5) is 15.8 Å². The molecule has 112 valence electrons. The first-order valence-corrected chi connectivity index (χ1v) is 7.27. The summed E-state index contributed by atoms with van der Waals surface area (Å²) in [6.45, 7) is 8.26. The van der Waals surface area contributed by atoms with Gasteiger partial charge in [-0.05, 0) is 57.0 Å². The fourth-order valence-corrected chi connectivity index (χ4v) is 2.59. The Kier molecular flexibility index (Phi) is 4.63. The van der Waals surface area contributed by atoms with Gasteiger partial charge in [-0.15, -0.1) is 0 Å². The summed E-state index contributed by atoms with van der Waals surface area (Å²) < 4.78 is 13.8. The molecule has 21 heavy (non-hydrogen) atoms. The lowest BCUT2D eigenvalue weighted by Gasteiger charge is -2.28. The summed E-state index contributed by atoms with van der Waals surface area (Å²) in [5.41, 5.74) is 4.29. The number of benzene rings is 2. The van der Waals surface area contributed by atoms with Crippen LogP contribution in [0.3, 0.4) is 0 Å². The fourth-order valence-electron chi connectivity index (χ4n) is 2.59. The lowest BCUT2D eigenvalue weighted by Crippen LogP contribution is -2.19. The van der Waals surface area contributed by atoms with E-state index in [1.807, 2.05) is 24.3 Å². The Labute approximate surface area is 125 Å². The molecule has 0 radical (unpaired) electrons. The lowest BCUT2D eigenvalue weighted by molar-refractivity contribution is 0.199. The third-order valence-electron chi connectivity index (χ3n) is 3.77. The minimum absolute atomic E-state index is 0.282. The largest absolute Gasteiger partial charge is 0.389 e. The van der Waals surface area contributed by atoms with Gasteiger partial charge in [0.25, 0.3) is 0 Å². The monoisotopic (exact) mass is 287 g/mol. The van der Waals surface area contributed by atoms with Crippen LogP contribution in [0.25, 0.3) is 0 Å². The summed E-state index contributed by atoms with van der Waals surface area (Å²) in [4.78, 5) is 2.11. The third-order valence-corrected chi connectivity index (χ3v) is 3.77. The minimum atomic E-state index is -0.715. The van der Waals surface area contributed by atoms with Gasteiger partial charge < -0.3 is 10.0 Å². The van der Waals surface area contributed by atoms with Crippen LogP contribution in [0.15, 0.2) is 36.4 Å². The van der Waals surface area contributed by atoms with Crippen LogP contribution in [0.5, 0.6) is 0 Å². The van der Waals surface area contributed by atoms with Crippen molar-refractivity contribution in [2.45, 2.75) is 33.8 Å². The average Bonchev–Trinajstić information content (AvgIpc) is 2.44. The van der Waals surface area contributed by atoms with Crippen LogP contribution in [-0.4, -0.2) is 11.7 Å². The normalized spacial score (nSPS) is 12.3. The first-order valence-electron chi connectivity index (χ1n) is 7.27. The van der Waals surface area contributed by atoms with Crippen LogP contribution in [0.1, 0.15) is 36.6 Å². The van der Waals surface area contributed by atoms with E-state index in [4.69, 9.17) is 0 Å². The molecule has 0 heterocycles. The van der Waals surface area contributed by atoms with Gasteiger partial charge in [-0.25, -0.2) is 4.39 Å². The van der Waals surface area contributed by atoms with Crippen molar-refractivity contribution in [2.75, 3.05) is 11.4 Å². The molecule has 1 N–H and O–H groups in total. The Bertz CT molecular complexity index is 637. The van der Waals surface area contributed by atoms with Gasteiger partial charge in [-0.2, -0.15) is 0 Å². The minimum Gasteiger partial charge on any atom is -0.389 e. The Morgan fingerprint density at radius 3 is 2.33 bits per heavy atom. The van der Waals surface area contributed by atoms with E-state index in [0.29, 0.717) is 11.1 Å². The average molecular weight is 287 g/mol. The molecular formula is C18H22FNO. The third kappa shape index (κ3) is 3.08. The van der Waals surface area contributed by atoms with E-state index in [2.05, 4.69) is 24.8 Å². The molecule has 0 saturated carbocycles. The molecule has 0 saturated heterocycles. The summed E-state index contributed by atoms with van der Waals surface area (Å²) in [7, 11) is 0. The molecule has 2 rings (SSSR count). The standard InChI is InChI=1S/C18H22FNO/c1-5-20(17-9-7-6-8-12(17)2)18-10-13(3)16(19)11-15(18)14(4)21/h6-11,14,21H,5H2,1-4H3. The second-order valence-corrected chi connectivity index (χ2v) is 5.37. The van der Waals surface area contributed by atoms with Crippen molar-refractivity contribution in [1.82, 2.24) is 0 Å². The zero-order valence-electron chi connectivity index (χ0n) is 13.0. The van der Waals surface area contributed by atoms with Crippen molar-refractivity contribution in [3.05, 3.63) is 58.9 Å². The topological polar surface area (TPSA) is 23.5 Å². The quantitative estimate of drug-likeness (QED) is 0.884. The highest BCUT2D eigenvalue weighted by atomic mass is 19.1. The second kappa shape index (κ2) is 6.27. The summed E-state index contributed by atoms with van der Waals surface area (Å²) >= 11 is 0. The molecule has 2 aromatic carbocycles. The number of aliphatic hydroxyl groups is 1. The molecule has 2 aromatic rings. The first-order chi connectivity index (χ1) is 9.95. The van der Waals surface area contributed by atoms with Crippen molar-refractivity contribution in [2.24, 2.45) is 0 Å². The molecule has 0 spiro atoms. The predicted octanol–water partition coefficient (Wildman–Crippen LogP) is 4.65. The highest BCUT2D eigenvalue weighted by molar-refractivity contribution is 5.70. The SMILES string of the molecule is CCN(c1ccccc1C)c1cc(C)c(F)cc1C(C)O. The number of anilines is 2. The van der Waals surface area contributed by atoms with Gasteiger partial charge >= 0.3 is 0 Å². The molecule has 0 bridgehead atoms. The Balaban J connectivity index is 2.62. The van der Waals surface area contributed by atoms with Crippen molar-refractivity contribution < 1.29 is 9.50 Å². The Hall–Kier alpha value is -1.87. The van der Waals surface area contributed by atoms with E-state index in [0.717, 1.165) is 23.5 Å². The van der Waals surface area contributed by atoms with Crippen molar-refractivity contribution in [1.29, 1.82) is 0 Å². The number of aliphatic hydroxyl groups excluding tert-OH is 1. The van der Waals surface area contributed by atoms with E-state index in [-0.39, 0.29) is 5.82 Å².